The summed E-state index contributed by atoms with van der Waals surface area (Å²) in [5.74, 6) is 0. The zero-order chi connectivity index (χ0) is 9.00. The minimum atomic E-state index is -6.70. The summed E-state index contributed by atoms with van der Waals surface area (Å²) in [6, 6.07) is 0. The Bertz CT molecular complexity index is 50.2. The molecule has 0 aliphatic rings. The van der Waals surface area contributed by atoms with Crippen LogP contribution in [0.3, 0.4) is 0 Å². The van der Waals surface area contributed by atoms with Gasteiger partial charge in [-0.1, -0.05) is 0 Å². The molecule has 0 bridgehead atoms. The zero-order valence-electron chi connectivity index (χ0n) is 3.66. The molecule has 0 N–H and O–H groups in total. The topological polar surface area (TPSA) is 0 Å². The summed E-state index contributed by atoms with van der Waals surface area (Å²) in [5, 5.41) is 0. The second kappa shape index (κ2) is 4.60. The van der Waals surface area contributed by atoms with Crippen LogP contribution >= 0.6 is 0 Å². The Balaban J connectivity index is 0. The Morgan fingerprint density at radius 1 is 0.400 bits per heavy atom. The van der Waals surface area contributed by atoms with Crippen molar-refractivity contribution in [3.63, 3.8) is 0 Å². The minimum absolute atomic E-state index is 6.70. The Hall–Kier alpha value is 0.765. The molecule has 0 heterocycles. The maximum atomic E-state index is 9.84. The predicted octanol–water partition coefficient (Wildman–Crippen LogP) is 3.36. The molecule has 76 valence electrons. The zero-order valence-corrected chi connectivity index (χ0v) is 6.77. The number of hydrogen-bond acceptors (Lipinski definition) is 0. The third-order valence-corrected chi connectivity index (χ3v) is 0. The first-order chi connectivity index (χ1) is 4.00. The van der Waals surface area contributed by atoms with Gasteiger partial charge < -0.3 is 0 Å². The quantitative estimate of drug-likeness (QED) is 0.457. The van der Waals surface area contributed by atoms with Gasteiger partial charge >= 0.3 is 61.0 Å². The van der Waals surface area contributed by atoms with Crippen LogP contribution in [-0.4, -0.2) is 0 Å². The first-order valence-electron chi connectivity index (χ1n) is 0.956. The third kappa shape index (κ3) is 904. The van der Waals surface area contributed by atoms with E-state index in [9.17, 15) is 25.8 Å². The van der Waals surface area contributed by atoms with E-state index in [0.29, 0.717) is 0 Å². The summed E-state index contributed by atoms with van der Waals surface area (Å²) in [5.41, 5.74) is 0. The monoisotopic (exact) mass is 364 g/mol. The van der Waals surface area contributed by atoms with Crippen LogP contribution in [0.4, 0.5) is 25.8 Å². The molecule has 0 aromatic carbocycles. The molecule has 0 unspecified atom stereocenters. The van der Waals surface area contributed by atoms with Crippen LogP contribution < -0.4 is 0 Å². The Labute approximate surface area is 61.2 Å². The van der Waals surface area contributed by atoms with Gasteiger partial charge in [-0.2, -0.15) is 0 Å². The van der Waals surface area contributed by atoms with Crippen molar-refractivity contribution in [3.05, 3.63) is 0 Å². The van der Waals surface area contributed by atoms with E-state index < -0.39 is 35.2 Å². The van der Waals surface area contributed by atoms with Crippen LogP contribution in [0.25, 0.3) is 0 Å². The first-order valence-corrected chi connectivity index (χ1v) is 5.66. The molecule has 0 aromatic rings. The molecule has 0 rings (SSSR count). The Morgan fingerprint density at radius 3 is 0.400 bits per heavy atom. The molecule has 0 radical (unpaired) electrons. The standard InChI is InChI=1S/8FH.2Pd/h8*1H;;/q;;;;;;;;2*+4/p-8. The summed E-state index contributed by atoms with van der Waals surface area (Å²) in [6.45, 7) is 0. The Morgan fingerprint density at radius 2 is 0.400 bits per heavy atom. The molecule has 0 spiro atoms. The van der Waals surface area contributed by atoms with Gasteiger partial charge in [-0.15, -0.1) is 0 Å². The maximum absolute atomic E-state index is 9.84. The average Bonchev–Trinajstić information content (AvgIpc) is 1.12. The summed E-state index contributed by atoms with van der Waals surface area (Å²) in [6.07, 6.45) is 0. The van der Waals surface area contributed by atoms with E-state index in [1.165, 1.54) is 0 Å². The third-order valence-electron chi connectivity index (χ3n) is 0. The van der Waals surface area contributed by atoms with Crippen molar-refractivity contribution in [2.45, 2.75) is 0 Å². The predicted molar refractivity (Wildman–Crippen MR) is 8.86 cm³/mol. The van der Waals surface area contributed by atoms with Crippen LogP contribution in [0.1, 0.15) is 0 Å². The van der Waals surface area contributed by atoms with Crippen molar-refractivity contribution in [3.8, 4) is 0 Å². The number of rotatable bonds is 0. The number of halogens is 8. The van der Waals surface area contributed by atoms with Gasteiger partial charge in [-0.25, -0.2) is 0 Å². The molecule has 0 amide bonds. The van der Waals surface area contributed by atoms with Gasteiger partial charge in [0.15, 0.2) is 0 Å². The molecule has 10 heteroatoms. The molecular weight excluding hydrogens is 365 g/mol. The second-order valence-corrected chi connectivity index (χ2v) is 3.21. The van der Waals surface area contributed by atoms with E-state index in [1.807, 2.05) is 0 Å². The van der Waals surface area contributed by atoms with Crippen molar-refractivity contribution in [2.24, 2.45) is 0 Å². The fourth-order valence-corrected chi connectivity index (χ4v) is 0. The molecule has 0 fully saturated rings. The van der Waals surface area contributed by atoms with Gasteiger partial charge in [0, 0.05) is 0 Å². The summed E-state index contributed by atoms with van der Waals surface area (Å²) in [4.78, 5) is 0. The molecule has 0 atom stereocenters. The second-order valence-electron chi connectivity index (χ2n) is 0.542. The van der Waals surface area contributed by atoms with Crippen molar-refractivity contribution in [2.75, 3.05) is 0 Å². The molecule has 0 nitrogen and oxygen atoms in total. The van der Waals surface area contributed by atoms with E-state index in [1.54, 1.807) is 0 Å². The van der Waals surface area contributed by atoms with E-state index >= 15 is 0 Å². The SMILES string of the molecule is [F][Pd]([F])([F])[F].[F][Pd]([F])([F])[F]. The van der Waals surface area contributed by atoms with Crippen LogP contribution in [0.15, 0.2) is 0 Å². The fraction of sp³-hybridized carbons (Fsp3) is 0. The summed E-state index contributed by atoms with van der Waals surface area (Å²) in [7, 11) is 0. The van der Waals surface area contributed by atoms with Gasteiger partial charge in [-0.3, -0.25) is 0 Å². The number of hydrogen-bond donors (Lipinski definition) is 0. The van der Waals surface area contributed by atoms with Crippen LogP contribution in [0, 0.1) is 0 Å². The van der Waals surface area contributed by atoms with E-state index in [4.69, 9.17) is 0 Å². The van der Waals surface area contributed by atoms with Gasteiger partial charge in [0.1, 0.15) is 0 Å². The summed E-state index contributed by atoms with van der Waals surface area (Å²) < 4.78 is 78.7. The van der Waals surface area contributed by atoms with Crippen molar-refractivity contribution < 1.29 is 61.0 Å². The van der Waals surface area contributed by atoms with Gasteiger partial charge in [0.05, 0.1) is 0 Å². The van der Waals surface area contributed by atoms with E-state index in [0.717, 1.165) is 0 Å². The molecule has 0 aliphatic heterocycles. The molecule has 0 aromatic heterocycles. The van der Waals surface area contributed by atoms with E-state index in [-0.39, 0.29) is 0 Å². The molecular formula is F8Pd2. The fourth-order valence-electron chi connectivity index (χ4n) is 0. The molecule has 0 saturated carbocycles. The molecule has 10 heavy (non-hydrogen) atoms. The normalized spacial score (nSPS) is 15.2. The Kier molecular flexibility index (Phi) is 6.15. The van der Waals surface area contributed by atoms with Crippen LogP contribution in [-0.2, 0) is 35.2 Å². The molecule has 0 aliphatic carbocycles. The first kappa shape index (κ1) is 13.4. The van der Waals surface area contributed by atoms with Crippen LogP contribution in [0.2, 0.25) is 0 Å². The van der Waals surface area contributed by atoms with Gasteiger partial charge in [-0.05, 0) is 0 Å². The van der Waals surface area contributed by atoms with Crippen LogP contribution in [0.5, 0.6) is 0 Å². The van der Waals surface area contributed by atoms with E-state index in [2.05, 4.69) is 0 Å². The van der Waals surface area contributed by atoms with Crippen molar-refractivity contribution in [1.82, 2.24) is 0 Å². The van der Waals surface area contributed by atoms with Crippen molar-refractivity contribution >= 4 is 0 Å². The van der Waals surface area contributed by atoms with Crippen molar-refractivity contribution in [1.29, 1.82) is 0 Å². The van der Waals surface area contributed by atoms with Gasteiger partial charge in [0.2, 0.25) is 0 Å². The average molecular weight is 365 g/mol. The van der Waals surface area contributed by atoms with Gasteiger partial charge in [0.25, 0.3) is 0 Å². The molecule has 0 saturated heterocycles. The summed E-state index contributed by atoms with van der Waals surface area (Å²) >= 11 is -13.4.